The summed E-state index contributed by atoms with van der Waals surface area (Å²) in [5.74, 6) is 0.156. The van der Waals surface area contributed by atoms with E-state index in [-0.39, 0.29) is 11.9 Å². The number of halogens is 2. The molecule has 1 atom stereocenters. The molecule has 7 nitrogen and oxygen atoms in total. The van der Waals surface area contributed by atoms with Crippen molar-refractivity contribution < 1.29 is 4.79 Å². The van der Waals surface area contributed by atoms with Crippen molar-refractivity contribution in [3.8, 4) is 6.19 Å². The highest BCUT2D eigenvalue weighted by atomic mass is 35.5. The van der Waals surface area contributed by atoms with Gasteiger partial charge in [-0.25, -0.2) is 5.01 Å². The number of hydrogen-bond acceptors (Lipinski definition) is 4. The van der Waals surface area contributed by atoms with E-state index in [0.29, 0.717) is 34.8 Å². The third kappa shape index (κ3) is 5.72. The van der Waals surface area contributed by atoms with Crippen molar-refractivity contribution in [2.75, 3.05) is 13.1 Å². The third-order valence-corrected chi connectivity index (χ3v) is 4.95. The van der Waals surface area contributed by atoms with Crippen molar-refractivity contribution >= 4 is 40.8 Å². The molecule has 154 valence electrons. The molecule has 9 heteroatoms. The maximum absolute atomic E-state index is 11.7. The smallest absolute Gasteiger partial charge is 0.230 e. The number of nitriles is 1. The molecule has 0 radical (unpaired) electrons. The summed E-state index contributed by atoms with van der Waals surface area (Å²) >= 11 is 11.9. The van der Waals surface area contributed by atoms with Crippen molar-refractivity contribution in [2.45, 2.75) is 19.4 Å². The summed E-state index contributed by atoms with van der Waals surface area (Å²) in [5.41, 5.74) is 2.61. The minimum atomic E-state index is -0.342. The molecule has 0 aromatic heterocycles. The van der Waals surface area contributed by atoms with Crippen molar-refractivity contribution in [1.29, 1.82) is 5.26 Å². The van der Waals surface area contributed by atoms with Gasteiger partial charge in [0, 0.05) is 29.1 Å². The molecular formula is C21H20Cl2N6O. The van der Waals surface area contributed by atoms with Gasteiger partial charge in [0.2, 0.25) is 18.1 Å². The molecule has 1 amide bonds. The average molecular weight is 443 g/mol. The summed E-state index contributed by atoms with van der Waals surface area (Å²) in [6.45, 7) is 2.36. The number of hydrazone groups is 1. The molecule has 3 rings (SSSR count). The van der Waals surface area contributed by atoms with Gasteiger partial charge in [0.25, 0.3) is 0 Å². The first kappa shape index (κ1) is 21.6. The van der Waals surface area contributed by atoms with E-state index in [0.717, 1.165) is 17.5 Å². The van der Waals surface area contributed by atoms with Crippen molar-refractivity contribution in [1.82, 2.24) is 15.6 Å². The van der Waals surface area contributed by atoms with Crippen LogP contribution in [0, 0.1) is 11.5 Å². The standard InChI is InChI=1S/C21H20Cl2N6O/c1-14(30)27-19-12-29(28-20(19)16-4-8-18(23)9-5-16)21(26-13-24)25-11-10-15-2-6-17(22)7-3-15/h2-9,19H,10-12H2,1H3,(H,25,26)(H,27,30). The number of carbonyl (C=O) groups is 1. The number of benzene rings is 2. The molecule has 0 fully saturated rings. The highest BCUT2D eigenvalue weighted by Crippen LogP contribution is 2.17. The Labute approximate surface area is 185 Å². The minimum Gasteiger partial charge on any atom is -0.354 e. The molecule has 0 saturated heterocycles. The number of aliphatic imine (C=N–C) groups is 1. The molecule has 1 unspecified atom stereocenters. The van der Waals surface area contributed by atoms with E-state index in [1.54, 1.807) is 17.1 Å². The van der Waals surface area contributed by atoms with Crippen LogP contribution in [0.2, 0.25) is 10.0 Å². The molecular weight excluding hydrogens is 423 g/mol. The Balaban J connectivity index is 1.75. The molecule has 0 spiro atoms. The molecule has 2 aromatic rings. The molecule has 1 aliphatic heterocycles. The fraction of sp³-hybridized carbons (Fsp3) is 0.238. The average Bonchev–Trinajstić information content (AvgIpc) is 3.12. The third-order valence-electron chi connectivity index (χ3n) is 4.44. The Hall–Kier alpha value is -3.08. The number of guanidine groups is 1. The van der Waals surface area contributed by atoms with Crippen LogP contribution in [-0.4, -0.2) is 41.7 Å². The van der Waals surface area contributed by atoms with E-state index < -0.39 is 0 Å². The molecule has 0 aliphatic carbocycles. The van der Waals surface area contributed by atoms with Crippen LogP contribution in [0.1, 0.15) is 18.1 Å². The van der Waals surface area contributed by atoms with E-state index in [1.807, 2.05) is 42.6 Å². The molecule has 1 aliphatic rings. The summed E-state index contributed by atoms with van der Waals surface area (Å²) < 4.78 is 0. The molecule has 1 heterocycles. The Morgan fingerprint density at radius 1 is 1.20 bits per heavy atom. The lowest BCUT2D eigenvalue weighted by Gasteiger charge is -2.18. The Morgan fingerprint density at radius 2 is 1.83 bits per heavy atom. The van der Waals surface area contributed by atoms with Crippen LogP contribution in [0.25, 0.3) is 0 Å². The van der Waals surface area contributed by atoms with Crippen LogP contribution in [0.3, 0.4) is 0 Å². The Morgan fingerprint density at radius 3 is 2.43 bits per heavy atom. The first-order chi connectivity index (χ1) is 14.5. The largest absolute Gasteiger partial charge is 0.354 e. The number of nitrogens with zero attached hydrogens (tertiary/aromatic N) is 4. The van der Waals surface area contributed by atoms with E-state index in [2.05, 4.69) is 20.7 Å². The quantitative estimate of drug-likeness (QED) is 0.422. The second kappa shape index (κ2) is 10.1. The fourth-order valence-electron chi connectivity index (χ4n) is 3.08. The molecule has 0 saturated carbocycles. The predicted molar refractivity (Wildman–Crippen MR) is 119 cm³/mol. The maximum Gasteiger partial charge on any atom is 0.230 e. The zero-order valence-electron chi connectivity index (χ0n) is 16.3. The molecule has 2 aromatic carbocycles. The molecule has 30 heavy (non-hydrogen) atoms. The minimum absolute atomic E-state index is 0.169. The topological polar surface area (TPSA) is 92.9 Å². The van der Waals surface area contributed by atoms with Crippen molar-refractivity contribution in [3.63, 3.8) is 0 Å². The summed E-state index contributed by atoms with van der Waals surface area (Å²) in [7, 11) is 0. The Kier molecular flexibility index (Phi) is 7.28. The summed E-state index contributed by atoms with van der Waals surface area (Å²) in [5, 5.41) is 22.7. The van der Waals surface area contributed by atoms with Gasteiger partial charge in [-0.2, -0.15) is 10.4 Å². The number of amides is 1. The van der Waals surface area contributed by atoms with Gasteiger partial charge in [-0.1, -0.05) is 47.5 Å². The van der Waals surface area contributed by atoms with Crippen LogP contribution in [0.15, 0.2) is 58.6 Å². The molecule has 0 bridgehead atoms. The van der Waals surface area contributed by atoms with Crippen molar-refractivity contribution in [3.05, 3.63) is 69.7 Å². The monoisotopic (exact) mass is 442 g/mol. The van der Waals surface area contributed by atoms with Gasteiger partial charge >= 0.3 is 0 Å². The number of carbonyl (C=O) groups excluding carboxylic acids is 1. The van der Waals surface area contributed by atoms with E-state index in [9.17, 15) is 4.79 Å². The highest BCUT2D eigenvalue weighted by molar-refractivity contribution is 6.31. The second-order valence-electron chi connectivity index (χ2n) is 6.67. The normalized spacial score (nSPS) is 16.1. The number of nitrogens with one attached hydrogen (secondary N) is 2. The van der Waals surface area contributed by atoms with E-state index >= 15 is 0 Å². The number of hydrogen-bond donors (Lipinski definition) is 2. The fourth-order valence-corrected chi connectivity index (χ4v) is 3.33. The second-order valence-corrected chi connectivity index (χ2v) is 7.54. The van der Waals surface area contributed by atoms with Gasteiger partial charge in [-0.3, -0.25) is 4.79 Å². The first-order valence-electron chi connectivity index (χ1n) is 9.30. The lowest BCUT2D eigenvalue weighted by molar-refractivity contribution is -0.119. The van der Waals surface area contributed by atoms with Gasteiger partial charge < -0.3 is 10.6 Å². The SMILES string of the molecule is CC(=O)NC1CN(/C(=N\C#N)NCCc2ccc(Cl)cc2)N=C1c1ccc(Cl)cc1. The first-order valence-corrected chi connectivity index (χ1v) is 10.1. The van der Waals surface area contributed by atoms with Crippen LogP contribution in [-0.2, 0) is 11.2 Å². The summed E-state index contributed by atoms with van der Waals surface area (Å²) in [6, 6.07) is 14.4. The Bertz CT molecular complexity index is 996. The summed E-state index contributed by atoms with van der Waals surface area (Å²) in [4.78, 5) is 15.6. The van der Waals surface area contributed by atoms with Crippen LogP contribution in [0.4, 0.5) is 0 Å². The summed E-state index contributed by atoms with van der Waals surface area (Å²) in [6.07, 6.45) is 2.53. The predicted octanol–water partition coefficient (Wildman–Crippen LogP) is 3.19. The van der Waals surface area contributed by atoms with E-state index in [1.165, 1.54) is 6.92 Å². The van der Waals surface area contributed by atoms with Gasteiger partial charge in [0.05, 0.1) is 18.3 Å². The van der Waals surface area contributed by atoms with Crippen LogP contribution >= 0.6 is 23.2 Å². The van der Waals surface area contributed by atoms with Crippen LogP contribution < -0.4 is 10.6 Å². The van der Waals surface area contributed by atoms with E-state index in [4.69, 9.17) is 28.5 Å². The lowest BCUT2D eigenvalue weighted by Crippen LogP contribution is -2.45. The van der Waals surface area contributed by atoms with Gasteiger partial charge in [0.15, 0.2) is 0 Å². The maximum atomic E-state index is 11.7. The zero-order valence-corrected chi connectivity index (χ0v) is 17.8. The lowest BCUT2D eigenvalue weighted by atomic mass is 10.0. The van der Waals surface area contributed by atoms with Crippen LogP contribution in [0.5, 0.6) is 0 Å². The number of rotatable bonds is 5. The van der Waals surface area contributed by atoms with Gasteiger partial charge in [0.1, 0.15) is 0 Å². The molecule has 2 N–H and O–H groups in total. The highest BCUT2D eigenvalue weighted by Gasteiger charge is 2.31. The van der Waals surface area contributed by atoms with Gasteiger partial charge in [-0.15, -0.1) is 4.99 Å². The van der Waals surface area contributed by atoms with Gasteiger partial charge in [-0.05, 0) is 36.2 Å². The zero-order chi connectivity index (χ0) is 21.5. The van der Waals surface area contributed by atoms with Crippen molar-refractivity contribution in [2.24, 2.45) is 10.1 Å².